The summed E-state index contributed by atoms with van der Waals surface area (Å²) < 4.78 is 32.2. The monoisotopic (exact) mass is 286 g/mol. The molecule has 1 aromatic rings. The third-order valence-corrected chi connectivity index (χ3v) is 4.28. The van der Waals surface area contributed by atoms with Crippen LogP contribution < -0.4 is 15.2 Å². The minimum Gasteiger partial charge on any atom is -0.492 e. The van der Waals surface area contributed by atoms with Crippen molar-refractivity contribution in [3.8, 4) is 5.75 Å². The van der Waals surface area contributed by atoms with Crippen LogP contribution in [-0.4, -0.2) is 32.8 Å². The number of ether oxygens (including phenoxy) is 1. The van der Waals surface area contributed by atoms with Gasteiger partial charge in [0.15, 0.2) is 0 Å². The van der Waals surface area contributed by atoms with Gasteiger partial charge in [0.2, 0.25) is 10.0 Å². The van der Waals surface area contributed by atoms with Gasteiger partial charge < -0.3 is 15.6 Å². The Morgan fingerprint density at radius 3 is 2.95 bits per heavy atom. The molecule has 1 unspecified atom stereocenters. The summed E-state index contributed by atoms with van der Waals surface area (Å²) in [6.07, 6.45) is 0.837. The van der Waals surface area contributed by atoms with Crippen LogP contribution >= 0.6 is 0 Å². The van der Waals surface area contributed by atoms with E-state index in [0.29, 0.717) is 18.0 Å². The third kappa shape index (κ3) is 3.17. The highest BCUT2D eigenvalue weighted by atomic mass is 32.2. The first-order chi connectivity index (χ1) is 8.90. The van der Waals surface area contributed by atoms with Crippen molar-refractivity contribution >= 4 is 15.7 Å². The third-order valence-electron chi connectivity index (χ3n) is 2.85. The Morgan fingerprint density at radius 1 is 1.53 bits per heavy atom. The second-order valence-corrected chi connectivity index (χ2v) is 6.40. The maximum Gasteiger partial charge on any atom is 0.244 e. The zero-order valence-electron chi connectivity index (χ0n) is 10.7. The van der Waals surface area contributed by atoms with E-state index in [9.17, 15) is 13.5 Å². The Hall–Kier alpha value is -1.31. The van der Waals surface area contributed by atoms with Gasteiger partial charge in [-0.1, -0.05) is 0 Å². The average Bonchev–Trinajstić information content (AvgIpc) is 2.35. The van der Waals surface area contributed by atoms with Gasteiger partial charge in [-0.05, 0) is 37.5 Å². The van der Waals surface area contributed by atoms with Crippen LogP contribution in [0.1, 0.15) is 18.9 Å². The number of nitrogens with two attached hydrogens (primary N) is 1. The molecule has 106 valence electrons. The van der Waals surface area contributed by atoms with Crippen molar-refractivity contribution in [2.24, 2.45) is 0 Å². The highest BCUT2D eigenvalue weighted by molar-refractivity contribution is 7.89. The molecule has 0 aromatic heterocycles. The second-order valence-electron chi connectivity index (χ2n) is 4.66. The summed E-state index contributed by atoms with van der Waals surface area (Å²) in [6.45, 7) is 1.95. The van der Waals surface area contributed by atoms with Gasteiger partial charge in [0.1, 0.15) is 10.6 Å². The fourth-order valence-corrected chi connectivity index (χ4v) is 3.32. The van der Waals surface area contributed by atoms with Crippen LogP contribution in [0, 0.1) is 0 Å². The van der Waals surface area contributed by atoms with Crippen molar-refractivity contribution in [2.75, 3.05) is 18.9 Å². The lowest BCUT2D eigenvalue weighted by molar-refractivity contribution is 0.198. The standard InChI is InChI=1S/C12H18N2O4S/c1-8(15)7-14-19(16,17)11-6-10(13)5-9-3-2-4-18-12(9)11/h5-6,8,14-15H,2-4,7,13H2,1H3. The van der Waals surface area contributed by atoms with Crippen molar-refractivity contribution in [1.29, 1.82) is 0 Å². The van der Waals surface area contributed by atoms with Crippen LogP contribution in [0.3, 0.4) is 0 Å². The molecule has 0 aliphatic carbocycles. The van der Waals surface area contributed by atoms with Gasteiger partial charge in [-0.3, -0.25) is 0 Å². The first-order valence-electron chi connectivity index (χ1n) is 6.13. The number of nitrogens with one attached hydrogen (secondary N) is 1. The fourth-order valence-electron chi connectivity index (χ4n) is 1.98. The van der Waals surface area contributed by atoms with Crippen molar-refractivity contribution < 1.29 is 18.3 Å². The smallest absolute Gasteiger partial charge is 0.244 e. The Kier molecular flexibility index (Phi) is 3.98. The number of benzene rings is 1. The molecule has 1 atom stereocenters. The van der Waals surface area contributed by atoms with E-state index in [1.165, 1.54) is 13.0 Å². The quantitative estimate of drug-likeness (QED) is 0.689. The normalized spacial score (nSPS) is 16.5. The zero-order valence-corrected chi connectivity index (χ0v) is 11.5. The van der Waals surface area contributed by atoms with Gasteiger partial charge in [-0.15, -0.1) is 0 Å². The van der Waals surface area contributed by atoms with Crippen molar-refractivity contribution in [3.05, 3.63) is 17.7 Å². The Morgan fingerprint density at radius 2 is 2.26 bits per heavy atom. The molecule has 1 aliphatic heterocycles. The number of fused-ring (bicyclic) bond motifs is 1. The summed E-state index contributed by atoms with van der Waals surface area (Å²) in [5.74, 6) is 0.374. The molecule has 0 saturated heterocycles. The van der Waals surface area contributed by atoms with Crippen LogP contribution in [0.5, 0.6) is 5.75 Å². The number of hydrogen-bond acceptors (Lipinski definition) is 5. The van der Waals surface area contributed by atoms with E-state index in [2.05, 4.69) is 4.72 Å². The van der Waals surface area contributed by atoms with Crippen molar-refractivity contribution in [1.82, 2.24) is 4.72 Å². The van der Waals surface area contributed by atoms with Crippen molar-refractivity contribution in [2.45, 2.75) is 30.8 Å². The van der Waals surface area contributed by atoms with Gasteiger partial charge in [0.25, 0.3) is 0 Å². The number of aliphatic hydroxyl groups is 1. The van der Waals surface area contributed by atoms with E-state index in [0.717, 1.165) is 18.4 Å². The fraction of sp³-hybridized carbons (Fsp3) is 0.500. The summed E-state index contributed by atoms with van der Waals surface area (Å²) in [7, 11) is -3.73. The molecular formula is C12H18N2O4S. The van der Waals surface area contributed by atoms with Crippen LogP contribution in [-0.2, 0) is 16.4 Å². The first-order valence-corrected chi connectivity index (χ1v) is 7.61. The largest absolute Gasteiger partial charge is 0.492 e. The molecule has 2 rings (SSSR count). The van der Waals surface area contributed by atoms with E-state index in [1.807, 2.05) is 0 Å². The number of sulfonamides is 1. The molecule has 1 aliphatic rings. The number of hydrogen-bond donors (Lipinski definition) is 3. The number of rotatable bonds is 4. The minimum absolute atomic E-state index is 0.0443. The van der Waals surface area contributed by atoms with Crippen LogP contribution in [0.15, 0.2) is 17.0 Å². The predicted octanol–water partition coefficient (Wildman–Crippen LogP) is 0.253. The summed E-state index contributed by atoms with van der Waals surface area (Å²) in [4.78, 5) is 0.0443. The maximum absolute atomic E-state index is 12.2. The molecule has 0 bridgehead atoms. The van der Waals surface area contributed by atoms with Gasteiger partial charge in [-0.2, -0.15) is 0 Å². The predicted molar refractivity (Wildman–Crippen MR) is 71.5 cm³/mol. The molecule has 1 aromatic carbocycles. The second kappa shape index (κ2) is 5.36. The van der Waals surface area contributed by atoms with Crippen LogP contribution in [0.25, 0.3) is 0 Å². The van der Waals surface area contributed by atoms with E-state index in [4.69, 9.17) is 10.5 Å². The lowest BCUT2D eigenvalue weighted by Gasteiger charge is -2.21. The molecule has 19 heavy (non-hydrogen) atoms. The minimum atomic E-state index is -3.73. The summed E-state index contributed by atoms with van der Waals surface area (Å²) in [5.41, 5.74) is 6.94. The Balaban J connectivity index is 2.41. The highest BCUT2D eigenvalue weighted by Gasteiger charge is 2.25. The van der Waals surface area contributed by atoms with Crippen LogP contribution in [0.4, 0.5) is 5.69 Å². The van der Waals surface area contributed by atoms with Gasteiger partial charge in [0.05, 0.1) is 12.7 Å². The maximum atomic E-state index is 12.2. The first kappa shape index (κ1) is 14.1. The average molecular weight is 286 g/mol. The summed E-state index contributed by atoms with van der Waals surface area (Å²) in [6, 6.07) is 3.12. The number of anilines is 1. The van der Waals surface area contributed by atoms with E-state index in [1.54, 1.807) is 6.07 Å². The number of aliphatic hydroxyl groups excluding tert-OH is 1. The Labute approximate surface area is 112 Å². The molecule has 0 radical (unpaired) electrons. The molecule has 0 fully saturated rings. The molecule has 0 saturated carbocycles. The van der Waals surface area contributed by atoms with Crippen molar-refractivity contribution in [3.63, 3.8) is 0 Å². The van der Waals surface area contributed by atoms with E-state index >= 15 is 0 Å². The summed E-state index contributed by atoms with van der Waals surface area (Å²) >= 11 is 0. The number of nitrogen functional groups attached to an aromatic ring is 1. The van der Waals surface area contributed by atoms with Gasteiger partial charge in [0, 0.05) is 12.2 Å². The summed E-state index contributed by atoms with van der Waals surface area (Å²) in [5, 5.41) is 9.17. The highest BCUT2D eigenvalue weighted by Crippen LogP contribution is 2.34. The van der Waals surface area contributed by atoms with Gasteiger partial charge in [-0.25, -0.2) is 13.1 Å². The zero-order chi connectivity index (χ0) is 14.0. The lowest BCUT2D eigenvalue weighted by atomic mass is 10.1. The Bertz CT molecular complexity index is 569. The molecule has 7 heteroatoms. The van der Waals surface area contributed by atoms with E-state index in [-0.39, 0.29) is 11.4 Å². The lowest BCUT2D eigenvalue weighted by Crippen LogP contribution is -2.31. The van der Waals surface area contributed by atoms with Gasteiger partial charge >= 0.3 is 0 Å². The topological polar surface area (TPSA) is 102 Å². The molecule has 4 N–H and O–H groups in total. The number of aryl methyl sites for hydroxylation is 1. The molecular weight excluding hydrogens is 268 g/mol. The van der Waals surface area contributed by atoms with Crippen LogP contribution in [0.2, 0.25) is 0 Å². The molecule has 1 heterocycles. The van der Waals surface area contributed by atoms with E-state index < -0.39 is 16.1 Å². The SMILES string of the molecule is CC(O)CNS(=O)(=O)c1cc(N)cc2c1OCCC2. The molecule has 0 spiro atoms. The molecule has 6 nitrogen and oxygen atoms in total. The molecule has 0 amide bonds.